The van der Waals surface area contributed by atoms with Gasteiger partial charge in [-0.15, -0.1) is 0 Å². The third kappa shape index (κ3) is 1.29. The lowest BCUT2D eigenvalue weighted by molar-refractivity contribution is 0.535. The highest BCUT2D eigenvalue weighted by Gasteiger charge is 1.98. The van der Waals surface area contributed by atoms with E-state index in [9.17, 15) is 4.39 Å². The Bertz CT molecular complexity index is 198. The molecule has 1 heterocycles. The van der Waals surface area contributed by atoms with E-state index in [4.69, 9.17) is 0 Å². The van der Waals surface area contributed by atoms with Crippen LogP contribution in [0.15, 0.2) is 12.3 Å². The Kier molecular flexibility index (Phi) is 1.94. The van der Waals surface area contributed by atoms with E-state index in [1.807, 2.05) is 6.92 Å². The first-order valence-corrected chi connectivity index (χ1v) is 3.29. The molecule has 10 heavy (non-hydrogen) atoms. The summed E-state index contributed by atoms with van der Waals surface area (Å²) in [6.45, 7) is 2.80. The molecule has 0 saturated heterocycles. The fraction of sp³-hybridized carbons (Fsp3) is 0.429. The van der Waals surface area contributed by atoms with E-state index >= 15 is 0 Å². The second kappa shape index (κ2) is 2.73. The number of aryl methyl sites for hydroxylation is 1. The van der Waals surface area contributed by atoms with Crippen molar-refractivity contribution in [2.75, 3.05) is 11.9 Å². The third-order valence-corrected chi connectivity index (χ3v) is 1.33. The average Bonchev–Trinajstić information content (AvgIpc) is 2.14. The molecule has 2 nitrogen and oxygen atoms in total. The topological polar surface area (TPSA) is 17.0 Å². The van der Waals surface area contributed by atoms with Crippen LogP contribution >= 0.6 is 0 Å². The highest BCUT2D eigenvalue weighted by atomic mass is 19.1. The van der Waals surface area contributed by atoms with Crippen molar-refractivity contribution in [2.45, 2.75) is 6.92 Å². The van der Waals surface area contributed by atoms with E-state index in [0.717, 1.165) is 12.2 Å². The van der Waals surface area contributed by atoms with E-state index in [0.29, 0.717) is 0 Å². The molecule has 3 heteroatoms. The molecule has 56 valence electrons. The van der Waals surface area contributed by atoms with Gasteiger partial charge >= 0.3 is 0 Å². The molecule has 0 fully saturated rings. The molecule has 0 spiro atoms. The van der Waals surface area contributed by atoms with Crippen molar-refractivity contribution in [3.8, 4) is 0 Å². The Morgan fingerprint density at radius 2 is 2.40 bits per heavy atom. The van der Waals surface area contributed by atoms with Crippen LogP contribution in [0.1, 0.15) is 6.92 Å². The maximum atomic E-state index is 12.6. The standard InChI is InChI=1S/C7H11FN2/c1-3-9-6-4-7(8)10(2)5-6/h4-5,9H,3H2,1-2H3. The predicted molar refractivity (Wildman–Crippen MR) is 39.5 cm³/mol. The summed E-state index contributed by atoms with van der Waals surface area (Å²) in [5.74, 6) is -0.212. The second-order valence-electron chi connectivity index (χ2n) is 2.19. The molecular formula is C7H11FN2. The SMILES string of the molecule is CCNc1cc(F)n(C)c1. The minimum Gasteiger partial charge on any atom is -0.384 e. The maximum absolute atomic E-state index is 12.6. The Labute approximate surface area is 59.7 Å². The molecular weight excluding hydrogens is 131 g/mol. The van der Waals surface area contributed by atoms with Crippen molar-refractivity contribution < 1.29 is 4.39 Å². The minimum atomic E-state index is -0.212. The molecule has 0 saturated carbocycles. The van der Waals surface area contributed by atoms with Gasteiger partial charge in [0.25, 0.3) is 0 Å². The summed E-state index contributed by atoms with van der Waals surface area (Å²) < 4.78 is 14.0. The molecule has 0 radical (unpaired) electrons. The predicted octanol–water partition coefficient (Wildman–Crippen LogP) is 1.60. The Hall–Kier alpha value is -0.990. The highest BCUT2D eigenvalue weighted by Crippen LogP contribution is 2.09. The van der Waals surface area contributed by atoms with Gasteiger partial charge in [-0.1, -0.05) is 0 Å². The number of rotatable bonds is 2. The first kappa shape index (κ1) is 7.12. The molecule has 1 aromatic rings. The molecule has 1 N–H and O–H groups in total. The summed E-state index contributed by atoms with van der Waals surface area (Å²) in [6, 6.07) is 1.48. The van der Waals surface area contributed by atoms with Gasteiger partial charge in [0, 0.05) is 25.9 Å². The molecule has 0 amide bonds. The Balaban J connectivity index is 2.77. The van der Waals surface area contributed by atoms with Crippen LogP contribution in [0.25, 0.3) is 0 Å². The molecule has 0 aliphatic carbocycles. The number of nitrogens with one attached hydrogen (secondary N) is 1. The van der Waals surface area contributed by atoms with Gasteiger partial charge in [-0.05, 0) is 6.92 Å². The zero-order valence-electron chi connectivity index (χ0n) is 6.19. The number of aromatic nitrogens is 1. The fourth-order valence-corrected chi connectivity index (χ4v) is 0.838. The molecule has 1 rings (SSSR count). The highest BCUT2D eigenvalue weighted by molar-refractivity contribution is 5.41. The monoisotopic (exact) mass is 142 g/mol. The van der Waals surface area contributed by atoms with Crippen LogP contribution in [0.3, 0.4) is 0 Å². The van der Waals surface area contributed by atoms with Crippen molar-refractivity contribution in [1.82, 2.24) is 4.57 Å². The zero-order chi connectivity index (χ0) is 7.56. The number of hydrogen-bond donors (Lipinski definition) is 1. The van der Waals surface area contributed by atoms with Gasteiger partial charge in [0.1, 0.15) is 0 Å². The summed E-state index contributed by atoms with van der Waals surface area (Å²) in [6.07, 6.45) is 1.72. The summed E-state index contributed by atoms with van der Waals surface area (Å²) in [7, 11) is 1.68. The van der Waals surface area contributed by atoms with E-state index in [-0.39, 0.29) is 5.95 Å². The number of nitrogens with zero attached hydrogens (tertiary/aromatic N) is 1. The van der Waals surface area contributed by atoms with Gasteiger partial charge in [0.05, 0.1) is 5.69 Å². The van der Waals surface area contributed by atoms with Crippen molar-refractivity contribution in [1.29, 1.82) is 0 Å². The van der Waals surface area contributed by atoms with Crippen LogP contribution < -0.4 is 5.32 Å². The summed E-state index contributed by atoms with van der Waals surface area (Å²) in [5, 5.41) is 3.01. The molecule has 0 aromatic carbocycles. The summed E-state index contributed by atoms with van der Waals surface area (Å²) in [5.41, 5.74) is 0.836. The smallest absolute Gasteiger partial charge is 0.195 e. The third-order valence-electron chi connectivity index (χ3n) is 1.33. The number of anilines is 1. The van der Waals surface area contributed by atoms with Crippen molar-refractivity contribution in [2.24, 2.45) is 7.05 Å². The maximum Gasteiger partial charge on any atom is 0.195 e. The van der Waals surface area contributed by atoms with Gasteiger partial charge in [-0.2, -0.15) is 4.39 Å². The van der Waals surface area contributed by atoms with Crippen LogP contribution in [0.5, 0.6) is 0 Å². The largest absolute Gasteiger partial charge is 0.384 e. The van der Waals surface area contributed by atoms with Crippen LogP contribution in [0.2, 0.25) is 0 Å². The van der Waals surface area contributed by atoms with Gasteiger partial charge in [0.15, 0.2) is 5.95 Å². The first-order chi connectivity index (χ1) is 4.74. The Morgan fingerprint density at radius 1 is 1.70 bits per heavy atom. The van der Waals surface area contributed by atoms with E-state index in [1.54, 1.807) is 13.2 Å². The van der Waals surface area contributed by atoms with Crippen LogP contribution in [0.4, 0.5) is 10.1 Å². The quantitative estimate of drug-likeness (QED) is 0.663. The summed E-state index contributed by atoms with van der Waals surface area (Å²) >= 11 is 0. The van der Waals surface area contributed by atoms with E-state index in [1.165, 1.54) is 10.6 Å². The lowest BCUT2D eigenvalue weighted by atomic mass is 10.5. The minimum absolute atomic E-state index is 0.212. The van der Waals surface area contributed by atoms with Crippen LogP contribution in [0, 0.1) is 5.95 Å². The summed E-state index contributed by atoms with van der Waals surface area (Å²) in [4.78, 5) is 0. The molecule has 0 aliphatic heterocycles. The van der Waals surface area contributed by atoms with E-state index in [2.05, 4.69) is 5.32 Å². The van der Waals surface area contributed by atoms with Crippen LogP contribution in [-0.4, -0.2) is 11.1 Å². The number of hydrogen-bond acceptors (Lipinski definition) is 1. The average molecular weight is 142 g/mol. The molecule has 0 aliphatic rings. The van der Waals surface area contributed by atoms with Crippen molar-refractivity contribution in [3.05, 3.63) is 18.2 Å². The Morgan fingerprint density at radius 3 is 2.80 bits per heavy atom. The number of halogens is 1. The van der Waals surface area contributed by atoms with Crippen molar-refractivity contribution >= 4 is 5.69 Å². The van der Waals surface area contributed by atoms with Crippen LogP contribution in [-0.2, 0) is 7.05 Å². The fourth-order valence-electron chi connectivity index (χ4n) is 0.838. The zero-order valence-corrected chi connectivity index (χ0v) is 6.19. The van der Waals surface area contributed by atoms with Gasteiger partial charge in [-0.3, -0.25) is 0 Å². The first-order valence-electron chi connectivity index (χ1n) is 3.29. The van der Waals surface area contributed by atoms with Crippen molar-refractivity contribution in [3.63, 3.8) is 0 Å². The normalized spacial score (nSPS) is 9.90. The molecule has 0 unspecified atom stereocenters. The van der Waals surface area contributed by atoms with Gasteiger partial charge in [-0.25, -0.2) is 0 Å². The van der Waals surface area contributed by atoms with E-state index < -0.39 is 0 Å². The molecule has 0 bridgehead atoms. The molecule has 0 atom stereocenters. The lowest BCUT2D eigenvalue weighted by Crippen LogP contribution is -1.93. The van der Waals surface area contributed by atoms with Gasteiger partial charge in [0.2, 0.25) is 0 Å². The lowest BCUT2D eigenvalue weighted by Gasteiger charge is -1.94. The van der Waals surface area contributed by atoms with Gasteiger partial charge < -0.3 is 9.88 Å². The second-order valence-corrected chi connectivity index (χ2v) is 2.19. The molecule has 1 aromatic heterocycles.